The molecule has 0 atom stereocenters. The van der Waals surface area contributed by atoms with Crippen LogP contribution in [-0.2, 0) is 20.9 Å². The summed E-state index contributed by atoms with van der Waals surface area (Å²) in [6, 6.07) is 10.9. The molecule has 0 unspecified atom stereocenters. The summed E-state index contributed by atoms with van der Waals surface area (Å²) >= 11 is 5.99. The Bertz CT molecular complexity index is 894. The van der Waals surface area contributed by atoms with Crippen molar-refractivity contribution in [2.45, 2.75) is 13.0 Å². The van der Waals surface area contributed by atoms with Crippen molar-refractivity contribution < 1.29 is 24.0 Å². The molecule has 0 aliphatic carbocycles. The highest BCUT2D eigenvalue weighted by Crippen LogP contribution is 2.25. The fourth-order valence-electron chi connectivity index (χ4n) is 2.19. The lowest BCUT2D eigenvalue weighted by molar-refractivity contribution is -0.385. The van der Waals surface area contributed by atoms with E-state index in [9.17, 15) is 19.7 Å². The van der Waals surface area contributed by atoms with Gasteiger partial charge in [-0.2, -0.15) is 0 Å². The van der Waals surface area contributed by atoms with Gasteiger partial charge in [-0.1, -0.05) is 29.8 Å². The van der Waals surface area contributed by atoms with Crippen LogP contribution < -0.4 is 4.74 Å². The molecule has 140 valence electrons. The van der Waals surface area contributed by atoms with Crippen LogP contribution in [0.15, 0.2) is 48.5 Å². The molecular formula is C19H16ClNO6. The third-order valence-corrected chi connectivity index (χ3v) is 3.81. The van der Waals surface area contributed by atoms with E-state index in [1.165, 1.54) is 31.4 Å². The quantitative estimate of drug-likeness (QED) is 0.223. The molecule has 0 spiro atoms. The fourth-order valence-corrected chi connectivity index (χ4v) is 2.47. The number of ketones is 1. The molecule has 0 saturated carbocycles. The van der Waals surface area contributed by atoms with E-state index >= 15 is 0 Å². The molecule has 2 aromatic rings. The predicted molar refractivity (Wildman–Crippen MR) is 99.6 cm³/mol. The van der Waals surface area contributed by atoms with Crippen LogP contribution in [0.5, 0.6) is 5.75 Å². The summed E-state index contributed by atoms with van der Waals surface area (Å²) < 4.78 is 10.1. The molecule has 0 saturated heterocycles. The molecule has 0 amide bonds. The van der Waals surface area contributed by atoms with E-state index in [-0.39, 0.29) is 17.9 Å². The Morgan fingerprint density at radius 2 is 1.96 bits per heavy atom. The van der Waals surface area contributed by atoms with Crippen LogP contribution in [-0.4, -0.2) is 23.8 Å². The molecule has 0 bridgehead atoms. The average molecular weight is 390 g/mol. The molecule has 0 radical (unpaired) electrons. The SMILES string of the molecule is COc1ccc(COC(=O)CC(=O)C=Cc2ccccc2[N+](=O)[O-])cc1Cl. The number of nitro groups is 1. The molecule has 0 fully saturated rings. The van der Waals surface area contributed by atoms with Crippen molar-refractivity contribution in [1.82, 2.24) is 0 Å². The second-order valence-electron chi connectivity index (χ2n) is 5.42. The number of benzene rings is 2. The van der Waals surface area contributed by atoms with Gasteiger partial charge in [0.05, 0.1) is 22.6 Å². The van der Waals surface area contributed by atoms with E-state index in [2.05, 4.69) is 0 Å². The van der Waals surface area contributed by atoms with Crippen LogP contribution in [0.1, 0.15) is 17.5 Å². The summed E-state index contributed by atoms with van der Waals surface area (Å²) in [6.07, 6.45) is 1.95. The largest absolute Gasteiger partial charge is 0.495 e. The number of halogens is 1. The molecule has 2 rings (SSSR count). The first-order valence-corrected chi connectivity index (χ1v) is 8.21. The molecule has 2 aromatic carbocycles. The summed E-state index contributed by atoms with van der Waals surface area (Å²) in [6.45, 7) is -0.0380. The number of para-hydroxylation sites is 1. The van der Waals surface area contributed by atoms with Gasteiger partial charge in [0, 0.05) is 6.07 Å². The highest BCUT2D eigenvalue weighted by atomic mass is 35.5. The number of ether oxygens (including phenoxy) is 2. The van der Waals surface area contributed by atoms with Gasteiger partial charge in [-0.25, -0.2) is 0 Å². The van der Waals surface area contributed by atoms with Gasteiger partial charge >= 0.3 is 5.97 Å². The lowest BCUT2D eigenvalue weighted by Crippen LogP contribution is -2.09. The van der Waals surface area contributed by atoms with Gasteiger partial charge < -0.3 is 9.47 Å². The van der Waals surface area contributed by atoms with Crippen molar-refractivity contribution in [2.24, 2.45) is 0 Å². The topological polar surface area (TPSA) is 95.7 Å². The molecular weight excluding hydrogens is 374 g/mol. The second kappa shape index (κ2) is 9.49. The van der Waals surface area contributed by atoms with Crippen molar-refractivity contribution in [3.63, 3.8) is 0 Å². The molecule has 0 aromatic heterocycles. The van der Waals surface area contributed by atoms with Gasteiger partial charge in [0.15, 0.2) is 5.78 Å². The van der Waals surface area contributed by atoms with E-state index in [0.29, 0.717) is 16.3 Å². The van der Waals surface area contributed by atoms with Gasteiger partial charge in [-0.05, 0) is 35.9 Å². The van der Waals surface area contributed by atoms with Crippen LogP contribution in [0.2, 0.25) is 5.02 Å². The van der Waals surface area contributed by atoms with E-state index in [1.807, 2.05) is 0 Å². The first kappa shape index (κ1) is 20.1. The standard InChI is InChI=1S/C19H16ClNO6/c1-26-18-9-6-13(10-16(18)20)12-27-19(23)11-15(22)8-7-14-4-2-3-5-17(14)21(24)25/h2-10H,11-12H2,1H3. The minimum absolute atomic E-state index is 0.0380. The number of carbonyl (C=O) groups is 2. The Labute approximate surface area is 160 Å². The highest BCUT2D eigenvalue weighted by molar-refractivity contribution is 6.32. The summed E-state index contributed by atoms with van der Waals surface area (Å²) in [5, 5.41) is 11.3. The Morgan fingerprint density at radius 1 is 1.22 bits per heavy atom. The van der Waals surface area contributed by atoms with Crippen molar-refractivity contribution in [3.8, 4) is 5.75 Å². The minimum Gasteiger partial charge on any atom is -0.495 e. The average Bonchev–Trinajstić information content (AvgIpc) is 2.65. The number of rotatable bonds is 8. The van der Waals surface area contributed by atoms with Gasteiger partial charge in [0.2, 0.25) is 0 Å². The maximum absolute atomic E-state index is 11.9. The molecule has 0 heterocycles. The number of allylic oxidation sites excluding steroid dienone is 1. The molecule has 27 heavy (non-hydrogen) atoms. The zero-order valence-corrected chi connectivity index (χ0v) is 15.1. The van der Waals surface area contributed by atoms with Gasteiger partial charge in [0.25, 0.3) is 5.69 Å². The number of hydrogen-bond acceptors (Lipinski definition) is 6. The van der Waals surface area contributed by atoms with E-state index in [1.54, 1.807) is 24.3 Å². The maximum atomic E-state index is 11.9. The number of hydrogen-bond donors (Lipinski definition) is 0. The molecule has 8 heteroatoms. The first-order valence-electron chi connectivity index (χ1n) is 7.83. The summed E-state index contributed by atoms with van der Waals surface area (Å²) in [5.41, 5.74) is 0.801. The molecule has 0 aliphatic heterocycles. The van der Waals surface area contributed by atoms with Crippen LogP contribution >= 0.6 is 11.6 Å². The van der Waals surface area contributed by atoms with E-state index < -0.39 is 23.1 Å². The third-order valence-electron chi connectivity index (χ3n) is 3.52. The van der Waals surface area contributed by atoms with Crippen LogP contribution in [0.3, 0.4) is 0 Å². The predicted octanol–water partition coefficient (Wildman–Crippen LogP) is 3.97. The molecule has 7 nitrogen and oxygen atoms in total. The minimum atomic E-state index is -0.709. The highest BCUT2D eigenvalue weighted by Gasteiger charge is 2.12. The van der Waals surface area contributed by atoms with Crippen molar-refractivity contribution in [1.29, 1.82) is 0 Å². The summed E-state index contributed by atoms with van der Waals surface area (Å²) in [4.78, 5) is 34.0. The van der Waals surface area contributed by atoms with Gasteiger partial charge in [-0.15, -0.1) is 0 Å². The number of esters is 1. The normalized spacial score (nSPS) is 10.6. The molecule has 0 N–H and O–H groups in total. The Balaban J connectivity index is 1.89. The summed E-state index contributed by atoms with van der Waals surface area (Å²) in [5.74, 6) is -0.730. The number of carbonyl (C=O) groups excluding carboxylic acids is 2. The molecule has 0 aliphatic rings. The second-order valence-corrected chi connectivity index (χ2v) is 5.83. The Morgan fingerprint density at radius 3 is 2.63 bits per heavy atom. The van der Waals surface area contributed by atoms with Crippen molar-refractivity contribution in [2.75, 3.05) is 7.11 Å². The van der Waals surface area contributed by atoms with Crippen LogP contribution in [0.25, 0.3) is 6.08 Å². The zero-order chi connectivity index (χ0) is 19.8. The Kier molecular flexibility index (Phi) is 7.08. The van der Waals surface area contributed by atoms with Crippen molar-refractivity contribution >= 4 is 35.1 Å². The monoisotopic (exact) mass is 389 g/mol. The maximum Gasteiger partial charge on any atom is 0.314 e. The number of nitro benzene ring substituents is 1. The lowest BCUT2D eigenvalue weighted by Gasteiger charge is -2.07. The number of nitrogens with zero attached hydrogens (tertiary/aromatic N) is 1. The Hall–Kier alpha value is -3.19. The lowest BCUT2D eigenvalue weighted by atomic mass is 10.1. The first-order chi connectivity index (χ1) is 12.9. The van der Waals surface area contributed by atoms with E-state index in [4.69, 9.17) is 21.1 Å². The zero-order valence-electron chi connectivity index (χ0n) is 14.4. The smallest absolute Gasteiger partial charge is 0.314 e. The van der Waals surface area contributed by atoms with Gasteiger partial charge in [-0.3, -0.25) is 19.7 Å². The summed E-state index contributed by atoms with van der Waals surface area (Å²) in [7, 11) is 1.49. The fraction of sp³-hybridized carbons (Fsp3) is 0.158. The van der Waals surface area contributed by atoms with Crippen molar-refractivity contribution in [3.05, 3.63) is 74.8 Å². The van der Waals surface area contributed by atoms with Crippen LogP contribution in [0, 0.1) is 10.1 Å². The van der Waals surface area contributed by atoms with Gasteiger partial charge in [0.1, 0.15) is 18.8 Å². The third kappa shape index (κ3) is 5.93. The van der Waals surface area contributed by atoms with E-state index in [0.717, 1.165) is 6.08 Å². The van der Waals surface area contributed by atoms with Crippen LogP contribution in [0.4, 0.5) is 5.69 Å². The number of methoxy groups -OCH3 is 1.